The van der Waals surface area contributed by atoms with Gasteiger partial charge in [0.15, 0.2) is 11.6 Å². The highest BCUT2D eigenvalue weighted by Gasteiger charge is 2.10. The second kappa shape index (κ2) is 6.17. The molecule has 0 bridgehead atoms. The lowest BCUT2D eigenvalue weighted by atomic mass is 9.99. The first-order valence-corrected chi connectivity index (χ1v) is 6.73. The van der Waals surface area contributed by atoms with Crippen LogP contribution in [0.15, 0.2) is 46.9 Å². The van der Waals surface area contributed by atoms with Crippen molar-refractivity contribution in [1.29, 1.82) is 0 Å². The fourth-order valence-corrected chi connectivity index (χ4v) is 2.16. The summed E-state index contributed by atoms with van der Waals surface area (Å²) in [4.78, 5) is 0. The van der Waals surface area contributed by atoms with Crippen molar-refractivity contribution in [3.63, 3.8) is 0 Å². The van der Waals surface area contributed by atoms with Crippen LogP contribution in [0.3, 0.4) is 0 Å². The molecule has 1 atom stereocenters. The zero-order chi connectivity index (χ0) is 13.8. The maximum atomic E-state index is 13.3. The Kier molecular flexibility index (Phi) is 4.56. The van der Waals surface area contributed by atoms with Crippen molar-refractivity contribution in [3.05, 3.63) is 63.9 Å². The van der Waals surface area contributed by atoms with E-state index in [1.165, 1.54) is 13.2 Å². The topological polar surface area (TPSA) is 35.2 Å². The van der Waals surface area contributed by atoms with E-state index in [0.29, 0.717) is 6.42 Å². The molecule has 19 heavy (non-hydrogen) atoms. The van der Waals surface area contributed by atoms with Crippen molar-refractivity contribution in [2.24, 2.45) is 5.73 Å². The molecular formula is C15H15BrFNO. The Morgan fingerprint density at radius 3 is 2.53 bits per heavy atom. The number of rotatable bonds is 4. The van der Waals surface area contributed by atoms with Gasteiger partial charge in [-0.3, -0.25) is 0 Å². The van der Waals surface area contributed by atoms with Gasteiger partial charge in [0.05, 0.1) is 7.11 Å². The minimum atomic E-state index is -0.373. The standard InChI is InChI=1S/C15H15BrFNO/c1-19-15-9-11(4-7-13(15)17)14(18)8-10-2-5-12(16)6-3-10/h2-7,9,14H,8,18H2,1H3. The lowest BCUT2D eigenvalue weighted by Gasteiger charge is -2.13. The predicted octanol–water partition coefficient (Wildman–Crippen LogP) is 3.84. The van der Waals surface area contributed by atoms with E-state index in [2.05, 4.69) is 15.9 Å². The first-order chi connectivity index (χ1) is 9.10. The maximum absolute atomic E-state index is 13.3. The van der Waals surface area contributed by atoms with Crippen LogP contribution in [0.4, 0.5) is 4.39 Å². The fraction of sp³-hybridized carbons (Fsp3) is 0.200. The molecule has 0 spiro atoms. The predicted molar refractivity (Wildman–Crippen MR) is 77.7 cm³/mol. The second-order valence-electron chi connectivity index (χ2n) is 4.33. The largest absolute Gasteiger partial charge is 0.494 e. The van der Waals surface area contributed by atoms with E-state index < -0.39 is 0 Å². The quantitative estimate of drug-likeness (QED) is 0.927. The molecule has 0 fully saturated rings. The summed E-state index contributed by atoms with van der Waals surface area (Å²) in [6.45, 7) is 0. The van der Waals surface area contributed by atoms with Gasteiger partial charge >= 0.3 is 0 Å². The summed E-state index contributed by atoms with van der Waals surface area (Å²) in [5.74, 6) is -0.147. The molecule has 2 aromatic carbocycles. The van der Waals surface area contributed by atoms with Crippen molar-refractivity contribution in [2.75, 3.05) is 7.11 Å². The molecule has 2 aromatic rings. The Morgan fingerprint density at radius 1 is 1.21 bits per heavy atom. The molecule has 0 amide bonds. The van der Waals surface area contributed by atoms with E-state index in [1.54, 1.807) is 12.1 Å². The molecule has 0 heterocycles. The van der Waals surface area contributed by atoms with Gasteiger partial charge in [-0.15, -0.1) is 0 Å². The van der Waals surface area contributed by atoms with E-state index in [1.807, 2.05) is 24.3 Å². The Balaban J connectivity index is 2.15. The molecule has 0 aliphatic heterocycles. The summed E-state index contributed by atoms with van der Waals surface area (Å²) in [6, 6.07) is 12.5. The molecular weight excluding hydrogens is 309 g/mol. The third-order valence-electron chi connectivity index (χ3n) is 2.97. The van der Waals surface area contributed by atoms with Crippen LogP contribution >= 0.6 is 15.9 Å². The SMILES string of the molecule is COc1cc(C(N)Cc2ccc(Br)cc2)ccc1F. The number of hydrogen-bond donors (Lipinski definition) is 1. The van der Waals surface area contributed by atoms with Gasteiger partial charge < -0.3 is 10.5 Å². The van der Waals surface area contributed by atoms with Crippen molar-refractivity contribution in [2.45, 2.75) is 12.5 Å². The smallest absolute Gasteiger partial charge is 0.165 e. The highest BCUT2D eigenvalue weighted by Crippen LogP contribution is 2.24. The normalized spacial score (nSPS) is 12.2. The van der Waals surface area contributed by atoms with Gasteiger partial charge in [0.2, 0.25) is 0 Å². The van der Waals surface area contributed by atoms with Crippen LogP contribution in [0.25, 0.3) is 0 Å². The Labute approximate surface area is 120 Å². The van der Waals surface area contributed by atoms with E-state index in [-0.39, 0.29) is 17.6 Å². The Morgan fingerprint density at radius 2 is 1.89 bits per heavy atom. The number of benzene rings is 2. The molecule has 0 radical (unpaired) electrons. The van der Waals surface area contributed by atoms with Crippen LogP contribution in [-0.4, -0.2) is 7.11 Å². The number of methoxy groups -OCH3 is 1. The van der Waals surface area contributed by atoms with E-state index in [9.17, 15) is 4.39 Å². The Bertz CT molecular complexity index is 557. The third kappa shape index (κ3) is 3.55. The molecule has 4 heteroatoms. The average Bonchev–Trinajstić information content (AvgIpc) is 2.42. The van der Waals surface area contributed by atoms with E-state index in [4.69, 9.17) is 10.5 Å². The average molecular weight is 324 g/mol. The molecule has 0 saturated heterocycles. The molecule has 2 N–H and O–H groups in total. The number of hydrogen-bond acceptors (Lipinski definition) is 2. The zero-order valence-electron chi connectivity index (χ0n) is 10.6. The highest BCUT2D eigenvalue weighted by atomic mass is 79.9. The first-order valence-electron chi connectivity index (χ1n) is 5.93. The first kappa shape index (κ1) is 14.0. The van der Waals surface area contributed by atoms with Crippen LogP contribution in [0.5, 0.6) is 5.75 Å². The number of ether oxygens (including phenoxy) is 1. The van der Waals surface area contributed by atoms with Gasteiger partial charge in [-0.05, 0) is 41.8 Å². The third-order valence-corrected chi connectivity index (χ3v) is 3.50. The van der Waals surface area contributed by atoms with Gasteiger partial charge in [-0.2, -0.15) is 0 Å². The molecule has 1 unspecified atom stereocenters. The van der Waals surface area contributed by atoms with Gasteiger partial charge in [0.25, 0.3) is 0 Å². The fourth-order valence-electron chi connectivity index (χ4n) is 1.90. The van der Waals surface area contributed by atoms with Crippen molar-refractivity contribution in [1.82, 2.24) is 0 Å². The van der Waals surface area contributed by atoms with Gasteiger partial charge in [0.1, 0.15) is 0 Å². The molecule has 2 rings (SSSR count). The number of halogens is 2. The molecule has 0 aliphatic carbocycles. The molecule has 2 nitrogen and oxygen atoms in total. The summed E-state index contributed by atoms with van der Waals surface area (Å²) in [6.07, 6.45) is 0.696. The summed E-state index contributed by atoms with van der Waals surface area (Å²) in [5.41, 5.74) is 8.15. The van der Waals surface area contributed by atoms with Crippen LogP contribution < -0.4 is 10.5 Å². The highest BCUT2D eigenvalue weighted by molar-refractivity contribution is 9.10. The van der Waals surface area contributed by atoms with Crippen LogP contribution in [0.2, 0.25) is 0 Å². The number of nitrogens with two attached hydrogens (primary N) is 1. The summed E-state index contributed by atoms with van der Waals surface area (Å²) in [5, 5.41) is 0. The monoisotopic (exact) mass is 323 g/mol. The molecule has 100 valence electrons. The molecule has 0 saturated carbocycles. The van der Waals surface area contributed by atoms with Crippen LogP contribution in [0.1, 0.15) is 17.2 Å². The second-order valence-corrected chi connectivity index (χ2v) is 5.25. The molecule has 0 aliphatic rings. The minimum Gasteiger partial charge on any atom is -0.494 e. The Hall–Kier alpha value is -1.39. The van der Waals surface area contributed by atoms with Crippen molar-refractivity contribution >= 4 is 15.9 Å². The zero-order valence-corrected chi connectivity index (χ0v) is 12.2. The van der Waals surface area contributed by atoms with E-state index >= 15 is 0 Å². The van der Waals surface area contributed by atoms with Crippen LogP contribution in [0, 0.1) is 5.82 Å². The summed E-state index contributed by atoms with van der Waals surface area (Å²) >= 11 is 3.39. The van der Waals surface area contributed by atoms with Gasteiger partial charge in [-0.1, -0.05) is 34.1 Å². The lowest BCUT2D eigenvalue weighted by molar-refractivity contribution is 0.385. The molecule has 0 aromatic heterocycles. The van der Waals surface area contributed by atoms with Gasteiger partial charge in [0, 0.05) is 10.5 Å². The van der Waals surface area contributed by atoms with Crippen molar-refractivity contribution in [3.8, 4) is 5.75 Å². The van der Waals surface area contributed by atoms with Gasteiger partial charge in [-0.25, -0.2) is 4.39 Å². The summed E-state index contributed by atoms with van der Waals surface area (Å²) < 4.78 is 19.3. The van der Waals surface area contributed by atoms with E-state index in [0.717, 1.165) is 15.6 Å². The lowest BCUT2D eigenvalue weighted by Crippen LogP contribution is -2.13. The maximum Gasteiger partial charge on any atom is 0.165 e. The minimum absolute atomic E-state index is 0.185. The van der Waals surface area contributed by atoms with Crippen molar-refractivity contribution < 1.29 is 9.13 Å². The van der Waals surface area contributed by atoms with Crippen LogP contribution in [-0.2, 0) is 6.42 Å². The summed E-state index contributed by atoms with van der Waals surface area (Å²) in [7, 11) is 1.45.